The Hall–Kier alpha value is -1.40. The van der Waals surface area contributed by atoms with Crippen LogP contribution in [0.2, 0.25) is 0 Å². The van der Waals surface area contributed by atoms with Crippen molar-refractivity contribution in [1.29, 1.82) is 0 Å². The van der Waals surface area contributed by atoms with Gasteiger partial charge >= 0.3 is 5.97 Å². The Labute approximate surface area is 101 Å². The van der Waals surface area contributed by atoms with E-state index in [2.05, 4.69) is 4.72 Å². The number of rotatable bonds is 5. The molecule has 2 N–H and O–H groups in total. The molecule has 1 atom stereocenters. The van der Waals surface area contributed by atoms with Crippen molar-refractivity contribution in [3.8, 4) is 0 Å². The van der Waals surface area contributed by atoms with Crippen molar-refractivity contribution in [2.45, 2.75) is 25.1 Å². The molecule has 0 spiro atoms. The highest BCUT2D eigenvalue weighted by Crippen LogP contribution is 2.15. The molecule has 94 valence electrons. The maximum absolute atomic E-state index is 11.6. The van der Waals surface area contributed by atoms with Crippen LogP contribution in [0.5, 0.6) is 0 Å². The summed E-state index contributed by atoms with van der Waals surface area (Å²) in [5.41, 5.74) is 0.407. The Morgan fingerprint density at radius 3 is 2.18 bits per heavy atom. The van der Waals surface area contributed by atoms with Gasteiger partial charge in [0, 0.05) is 0 Å². The molecule has 0 saturated carbocycles. The molecule has 0 aliphatic rings. The molecule has 0 amide bonds. The molecule has 0 radical (unpaired) electrons. The first-order valence-electron chi connectivity index (χ1n) is 5.13. The summed E-state index contributed by atoms with van der Waals surface area (Å²) in [6.07, 6.45) is 0. The monoisotopic (exact) mass is 257 g/mol. The molecule has 0 aliphatic carbocycles. The number of nitrogens with one attached hydrogen (secondary N) is 1. The fourth-order valence-corrected chi connectivity index (χ4v) is 2.04. The third-order valence-corrected chi connectivity index (χ3v) is 4.09. The molecular formula is C11H15NO4S. The summed E-state index contributed by atoms with van der Waals surface area (Å²) in [6, 6.07) is 6.95. The van der Waals surface area contributed by atoms with Gasteiger partial charge in [0.05, 0.1) is 5.25 Å². The van der Waals surface area contributed by atoms with Crippen molar-refractivity contribution in [3.63, 3.8) is 0 Å². The van der Waals surface area contributed by atoms with Crippen molar-refractivity contribution >= 4 is 16.0 Å². The average molecular weight is 257 g/mol. The van der Waals surface area contributed by atoms with Crippen LogP contribution in [0.1, 0.15) is 25.5 Å². The normalized spacial score (nSPS) is 13.6. The van der Waals surface area contributed by atoms with E-state index < -0.39 is 27.3 Å². The summed E-state index contributed by atoms with van der Waals surface area (Å²) in [7, 11) is -3.62. The average Bonchev–Trinajstić information content (AvgIpc) is 2.26. The lowest BCUT2D eigenvalue weighted by molar-refractivity contribution is -0.139. The van der Waals surface area contributed by atoms with E-state index in [9.17, 15) is 13.2 Å². The summed E-state index contributed by atoms with van der Waals surface area (Å²) in [5.74, 6) is -1.22. The largest absolute Gasteiger partial charge is 0.480 e. The van der Waals surface area contributed by atoms with E-state index in [4.69, 9.17) is 5.11 Å². The summed E-state index contributed by atoms with van der Waals surface area (Å²) >= 11 is 0. The number of hydrogen-bond acceptors (Lipinski definition) is 3. The third kappa shape index (κ3) is 3.54. The molecule has 1 aromatic rings. The van der Waals surface area contributed by atoms with Crippen LogP contribution in [0.4, 0.5) is 0 Å². The van der Waals surface area contributed by atoms with Crippen LogP contribution < -0.4 is 4.72 Å². The van der Waals surface area contributed by atoms with E-state index in [1.807, 2.05) is 0 Å². The molecule has 6 heteroatoms. The first kappa shape index (κ1) is 13.7. The Balaban J connectivity index is 3.02. The zero-order valence-electron chi connectivity index (χ0n) is 9.62. The number of aliphatic carboxylic acids is 1. The van der Waals surface area contributed by atoms with E-state index in [0.717, 1.165) is 0 Å². The van der Waals surface area contributed by atoms with Gasteiger partial charge in [0.25, 0.3) is 0 Å². The van der Waals surface area contributed by atoms with Crippen molar-refractivity contribution < 1.29 is 18.3 Å². The molecule has 0 unspecified atom stereocenters. The molecule has 0 heterocycles. The lowest BCUT2D eigenvalue weighted by Gasteiger charge is -2.16. The molecular weight excluding hydrogens is 242 g/mol. The minimum absolute atomic E-state index is 0.407. The second kappa shape index (κ2) is 5.29. The highest BCUT2D eigenvalue weighted by molar-refractivity contribution is 7.90. The molecule has 0 aliphatic heterocycles. The van der Waals surface area contributed by atoms with Gasteiger partial charge in [-0.2, -0.15) is 4.72 Å². The van der Waals surface area contributed by atoms with Gasteiger partial charge in [-0.05, 0) is 19.4 Å². The van der Waals surface area contributed by atoms with Crippen LogP contribution in [0.15, 0.2) is 30.3 Å². The van der Waals surface area contributed by atoms with Crippen LogP contribution in [0.3, 0.4) is 0 Å². The van der Waals surface area contributed by atoms with Crippen LogP contribution in [0.25, 0.3) is 0 Å². The molecule has 0 fully saturated rings. The Kier molecular flexibility index (Phi) is 4.25. The maximum atomic E-state index is 11.6. The van der Waals surface area contributed by atoms with E-state index >= 15 is 0 Å². The first-order chi connectivity index (χ1) is 7.84. The minimum Gasteiger partial charge on any atom is -0.480 e. The Bertz CT molecular complexity index is 481. The lowest BCUT2D eigenvalue weighted by atomic mass is 10.1. The number of carboxylic acids is 1. The molecule has 0 bridgehead atoms. The molecule has 17 heavy (non-hydrogen) atoms. The topological polar surface area (TPSA) is 83.5 Å². The fourth-order valence-electron chi connectivity index (χ4n) is 1.21. The van der Waals surface area contributed by atoms with E-state index in [1.165, 1.54) is 13.8 Å². The van der Waals surface area contributed by atoms with Crippen molar-refractivity contribution in [2.75, 3.05) is 0 Å². The van der Waals surface area contributed by atoms with Crippen molar-refractivity contribution in [1.82, 2.24) is 4.72 Å². The van der Waals surface area contributed by atoms with Crippen molar-refractivity contribution in [2.24, 2.45) is 0 Å². The number of carboxylic acid groups (broad SMARTS) is 1. The maximum Gasteiger partial charge on any atom is 0.326 e. The van der Waals surface area contributed by atoms with Gasteiger partial charge in [0.15, 0.2) is 0 Å². The summed E-state index contributed by atoms with van der Waals surface area (Å²) in [6.45, 7) is 2.98. The smallest absolute Gasteiger partial charge is 0.326 e. The van der Waals surface area contributed by atoms with Gasteiger partial charge in [0.1, 0.15) is 6.04 Å². The van der Waals surface area contributed by atoms with Crippen molar-refractivity contribution in [3.05, 3.63) is 35.9 Å². The van der Waals surface area contributed by atoms with Gasteiger partial charge in [0.2, 0.25) is 10.0 Å². The highest BCUT2D eigenvalue weighted by atomic mass is 32.2. The van der Waals surface area contributed by atoms with Gasteiger partial charge in [-0.3, -0.25) is 4.79 Å². The predicted octanol–water partition coefficient (Wildman–Crippen LogP) is 1.14. The van der Waals surface area contributed by atoms with E-state index in [1.54, 1.807) is 30.3 Å². The number of hydrogen-bond donors (Lipinski definition) is 2. The number of benzene rings is 1. The molecule has 1 aromatic carbocycles. The highest BCUT2D eigenvalue weighted by Gasteiger charge is 2.27. The molecule has 0 saturated heterocycles. The Morgan fingerprint density at radius 1 is 1.24 bits per heavy atom. The quantitative estimate of drug-likeness (QED) is 0.828. The van der Waals surface area contributed by atoms with Crippen LogP contribution in [-0.4, -0.2) is 24.7 Å². The first-order valence-corrected chi connectivity index (χ1v) is 6.68. The van der Waals surface area contributed by atoms with Crippen LogP contribution in [0, 0.1) is 0 Å². The molecule has 1 rings (SSSR count). The molecule has 0 aromatic heterocycles. The number of sulfonamides is 1. The second-order valence-corrected chi connectivity index (χ2v) is 6.16. The van der Waals surface area contributed by atoms with Gasteiger partial charge in [-0.15, -0.1) is 0 Å². The fraction of sp³-hybridized carbons (Fsp3) is 0.364. The SMILES string of the molecule is CC(C)S(=O)(=O)N[C@@H](C(=O)O)c1ccccc1. The van der Waals surface area contributed by atoms with Crippen LogP contribution in [-0.2, 0) is 14.8 Å². The third-order valence-electron chi connectivity index (χ3n) is 2.28. The lowest BCUT2D eigenvalue weighted by Crippen LogP contribution is -2.37. The van der Waals surface area contributed by atoms with E-state index in [0.29, 0.717) is 5.56 Å². The zero-order valence-corrected chi connectivity index (χ0v) is 10.4. The summed E-state index contributed by atoms with van der Waals surface area (Å²) in [4.78, 5) is 11.1. The number of carbonyl (C=O) groups is 1. The van der Waals surface area contributed by atoms with Gasteiger partial charge in [-0.25, -0.2) is 8.42 Å². The standard InChI is InChI=1S/C11H15NO4S/c1-8(2)17(15,16)12-10(11(13)14)9-6-4-3-5-7-9/h3-8,10,12H,1-2H3,(H,13,14)/t10-/m1/s1. The summed E-state index contributed by atoms with van der Waals surface area (Å²) in [5, 5.41) is 8.37. The second-order valence-electron chi connectivity index (χ2n) is 3.89. The van der Waals surface area contributed by atoms with E-state index in [-0.39, 0.29) is 0 Å². The minimum atomic E-state index is -3.62. The summed E-state index contributed by atoms with van der Waals surface area (Å²) < 4.78 is 25.5. The van der Waals surface area contributed by atoms with Crippen LogP contribution >= 0.6 is 0 Å². The van der Waals surface area contributed by atoms with Gasteiger partial charge in [-0.1, -0.05) is 30.3 Å². The Morgan fingerprint density at radius 2 is 1.76 bits per heavy atom. The molecule has 5 nitrogen and oxygen atoms in total. The zero-order chi connectivity index (χ0) is 13.1. The predicted molar refractivity (Wildman–Crippen MR) is 64.0 cm³/mol. The van der Waals surface area contributed by atoms with Gasteiger partial charge < -0.3 is 5.11 Å².